The van der Waals surface area contributed by atoms with Gasteiger partial charge in [0.1, 0.15) is 6.26 Å². The molecular formula is C8H12O3. The van der Waals surface area contributed by atoms with Crippen molar-refractivity contribution in [2.24, 2.45) is 0 Å². The van der Waals surface area contributed by atoms with Crippen molar-refractivity contribution in [3.05, 3.63) is 24.5 Å². The molecule has 0 aromatic heterocycles. The van der Waals surface area contributed by atoms with Crippen molar-refractivity contribution < 1.29 is 14.6 Å². The Labute approximate surface area is 66.2 Å². The molecule has 0 aliphatic rings. The molecule has 0 N–H and O–H groups in total. The molecule has 3 heteroatoms. The number of allylic oxidation sites excluding steroid dienone is 1. The Hall–Kier alpha value is -1.25. The van der Waals surface area contributed by atoms with Gasteiger partial charge in [-0.2, -0.15) is 0 Å². The predicted molar refractivity (Wildman–Crippen MR) is 41.4 cm³/mol. The van der Waals surface area contributed by atoms with Crippen LogP contribution < -0.4 is 0 Å². The van der Waals surface area contributed by atoms with Crippen LogP contribution in [0.2, 0.25) is 0 Å². The molecule has 0 aromatic rings. The van der Waals surface area contributed by atoms with Crippen LogP contribution in [0.1, 0.15) is 20.3 Å². The average molecular weight is 156 g/mol. The lowest BCUT2D eigenvalue weighted by Crippen LogP contribution is -2.03. The molecule has 0 aliphatic heterocycles. The summed E-state index contributed by atoms with van der Waals surface area (Å²) in [5.74, 6) is -0.480. The van der Waals surface area contributed by atoms with Gasteiger partial charge in [-0.05, 0) is 13.3 Å². The molecule has 0 saturated heterocycles. The summed E-state index contributed by atoms with van der Waals surface area (Å²) in [4.78, 5) is 19.3. The fourth-order valence-electron chi connectivity index (χ4n) is 0.533. The number of hydrogen-bond donors (Lipinski definition) is 0. The molecule has 0 atom stereocenters. The van der Waals surface area contributed by atoms with Crippen LogP contribution >= 0.6 is 0 Å². The molecule has 11 heavy (non-hydrogen) atoms. The van der Waals surface area contributed by atoms with Gasteiger partial charge in [-0.25, -0.2) is 9.68 Å². The quantitative estimate of drug-likeness (QED) is 0.270. The van der Waals surface area contributed by atoms with E-state index in [1.807, 2.05) is 6.92 Å². The molecule has 0 spiro atoms. The minimum atomic E-state index is -0.480. The average Bonchev–Trinajstić information content (AvgIpc) is 2.00. The normalized spacial score (nSPS) is 10.5. The van der Waals surface area contributed by atoms with E-state index in [1.165, 1.54) is 0 Å². The molecule has 0 bridgehead atoms. The van der Waals surface area contributed by atoms with E-state index in [4.69, 9.17) is 0 Å². The lowest BCUT2D eigenvalue weighted by molar-refractivity contribution is -0.233. The van der Waals surface area contributed by atoms with Crippen molar-refractivity contribution in [2.75, 3.05) is 0 Å². The number of hydrogen-bond acceptors (Lipinski definition) is 3. The largest absolute Gasteiger partial charge is 0.381 e. The van der Waals surface area contributed by atoms with Gasteiger partial charge in [0.05, 0.1) is 0 Å². The third-order valence-corrected chi connectivity index (χ3v) is 1.02. The van der Waals surface area contributed by atoms with E-state index in [0.29, 0.717) is 5.57 Å². The fourth-order valence-corrected chi connectivity index (χ4v) is 0.533. The lowest BCUT2D eigenvalue weighted by Gasteiger charge is -1.98. The van der Waals surface area contributed by atoms with Gasteiger partial charge in [0.15, 0.2) is 0 Å². The Balaban J connectivity index is 3.82. The second-order valence-electron chi connectivity index (χ2n) is 1.93. The zero-order valence-electron chi connectivity index (χ0n) is 6.79. The second kappa shape index (κ2) is 5.53. The fraction of sp³-hybridized carbons (Fsp3) is 0.375. The monoisotopic (exact) mass is 156 g/mol. The van der Waals surface area contributed by atoms with Crippen molar-refractivity contribution in [1.82, 2.24) is 0 Å². The van der Waals surface area contributed by atoms with E-state index in [2.05, 4.69) is 16.4 Å². The molecule has 3 nitrogen and oxygen atoms in total. The summed E-state index contributed by atoms with van der Waals surface area (Å²) in [5.41, 5.74) is 0.536. The number of carbonyl (C=O) groups is 1. The summed E-state index contributed by atoms with van der Waals surface area (Å²) in [6.07, 6.45) is 3.61. The highest BCUT2D eigenvalue weighted by molar-refractivity contribution is 5.87. The zero-order valence-corrected chi connectivity index (χ0v) is 6.79. The maximum atomic E-state index is 10.8. The van der Waals surface area contributed by atoms with Crippen LogP contribution in [0, 0.1) is 0 Å². The van der Waals surface area contributed by atoms with Crippen LogP contribution in [-0.4, -0.2) is 5.97 Å². The molecule has 0 unspecified atom stereocenters. The predicted octanol–water partition coefficient (Wildman–Crippen LogP) is 1.96. The maximum Gasteiger partial charge on any atom is 0.381 e. The molecule has 0 rings (SSSR count). The molecule has 0 radical (unpaired) electrons. The Kier molecular flexibility index (Phi) is 4.90. The van der Waals surface area contributed by atoms with Crippen LogP contribution in [0.4, 0.5) is 0 Å². The first-order valence-corrected chi connectivity index (χ1v) is 3.37. The van der Waals surface area contributed by atoms with Crippen molar-refractivity contribution in [2.45, 2.75) is 20.3 Å². The molecule has 0 fully saturated rings. The van der Waals surface area contributed by atoms with E-state index >= 15 is 0 Å². The maximum absolute atomic E-state index is 10.8. The summed E-state index contributed by atoms with van der Waals surface area (Å²) in [7, 11) is 0. The van der Waals surface area contributed by atoms with Crippen molar-refractivity contribution in [3.8, 4) is 0 Å². The summed E-state index contributed by atoms with van der Waals surface area (Å²) < 4.78 is 0. The minimum Gasteiger partial charge on any atom is -0.295 e. The van der Waals surface area contributed by atoms with Gasteiger partial charge < -0.3 is 0 Å². The van der Waals surface area contributed by atoms with E-state index in [-0.39, 0.29) is 0 Å². The number of carbonyl (C=O) groups excluding carboxylic acids is 1. The van der Waals surface area contributed by atoms with E-state index in [1.54, 1.807) is 13.0 Å². The van der Waals surface area contributed by atoms with Crippen molar-refractivity contribution >= 4 is 5.97 Å². The summed E-state index contributed by atoms with van der Waals surface area (Å²) in [6.45, 7) is 6.82. The van der Waals surface area contributed by atoms with E-state index < -0.39 is 5.97 Å². The molecule has 0 aliphatic carbocycles. The zero-order chi connectivity index (χ0) is 8.69. The van der Waals surface area contributed by atoms with Crippen molar-refractivity contribution in [3.63, 3.8) is 0 Å². The summed E-state index contributed by atoms with van der Waals surface area (Å²) in [6, 6.07) is 0. The first-order chi connectivity index (χ1) is 5.22. The highest BCUT2D eigenvalue weighted by atomic mass is 17.2. The molecular weight excluding hydrogens is 144 g/mol. The lowest BCUT2D eigenvalue weighted by atomic mass is 10.2. The van der Waals surface area contributed by atoms with Gasteiger partial charge in [0, 0.05) is 5.57 Å². The van der Waals surface area contributed by atoms with Gasteiger partial charge in [0.2, 0.25) is 0 Å². The van der Waals surface area contributed by atoms with Gasteiger partial charge >= 0.3 is 5.97 Å². The Bertz CT molecular complexity index is 170. The van der Waals surface area contributed by atoms with Crippen LogP contribution in [0.5, 0.6) is 0 Å². The molecule has 0 saturated carbocycles. The second-order valence-corrected chi connectivity index (χ2v) is 1.93. The first-order valence-electron chi connectivity index (χ1n) is 3.37. The summed E-state index contributed by atoms with van der Waals surface area (Å²) in [5, 5.41) is 0. The van der Waals surface area contributed by atoms with E-state index in [0.717, 1.165) is 12.7 Å². The standard InChI is InChI=1S/C8H12O3/c1-4-6-7(3)8(9)11-10-5-2/h5-6H,2,4H2,1,3H3. The molecule has 0 amide bonds. The third kappa shape index (κ3) is 4.19. The molecule has 0 aromatic carbocycles. The number of rotatable bonds is 4. The van der Waals surface area contributed by atoms with Crippen LogP contribution in [0.3, 0.4) is 0 Å². The van der Waals surface area contributed by atoms with Gasteiger partial charge in [-0.15, -0.1) is 0 Å². The van der Waals surface area contributed by atoms with Crippen LogP contribution in [0.15, 0.2) is 24.5 Å². The van der Waals surface area contributed by atoms with Crippen molar-refractivity contribution in [1.29, 1.82) is 0 Å². The smallest absolute Gasteiger partial charge is 0.295 e. The third-order valence-electron chi connectivity index (χ3n) is 1.02. The Morgan fingerprint density at radius 1 is 1.64 bits per heavy atom. The van der Waals surface area contributed by atoms with Gasteiger partial charge in [-0.3, -0.25) is 4.89 Å². The highest BCUT2D eigenvalue weighted by Gasteiger charge is 2.04. The van der Waals surface area contributed by atoms with Gasteiger partial charge in [0.25, 0.3) is 0 Å². The highest BCUT2D eigenvalue weighted by Crippen LogP contribution is 1.98. The van der Waals surface area contributed by atoms with Crippen LogP contribution in [0.25, 0.3) is 0 Å². The summed E-state index contributed by atoms with van der Waals surface area (Å²) >= 11 is 0. The topological polar surface area (TPSA) is 35.5 Å². The minimum absolute atomic E-state index is 0.480. The first kappa shape index (κ1) is 9.75. The SMILES string of the molecule is C=COOC(=O)C(C)=CCC. The van der Waals surface area contributed by atoms with Gasteiger partial charge in [-0.1, -0.05) is 19.6 Å². The van der Waals surface area contributed by atoms with E-state index in [9.17, 15) is 4.79 Å². The Morgan fingerprint density at radius 2 is 2.27 bits per heavy atom. The van der Waals surface area contributed by atoms with Crippen LogP contribution in [-0.2, 0) is 14.6 Å². The molecule has 62 valence electrons. The Morgan fingerprint density at radius 3 is 2.73 bits per heavy atom. The molecule has 0 heterocycles.